The molecule has 0 heterocycles. The number of halogens is 2. The Morgan fingerprint density at radius 2 is 1.91 bits per heavy atom. The summed E-state index contributed by atoms with van der Waals surface area (Å²) in [6.07, 6.45) is 0.115. The minimum atomic E-state index is -0.439. The second-order valence-electron chi connectivity index (χ2n) is 5.08. The molecule has 23 heavy (non-hydrogen) atoms. The van der Waals surface area contributed by atoms with E-state index in [0.29, 0.717) is 16.3 Å². The van der Waals surface area contributed by atoms with Crippen molar-refractivity contribution in [2.24, 2.45) is 0 Å². The van der Waals surface area contributed by atoms with E-state index in [4.69, 9.17) is 11.6 Å². The van der Waals surface area contributed by atoms with Crippen LogP contribution in [0.1, 0.15) is 5.56 Å². The molecule has 0 aliphatic carbocycles. The van der Waals surface area contributed by atoms with Gasteiger partial charge in [-0.3, -0.25) is 9.59 Å². The Morgan fingerprint density at radius 3 is 2.61 bits per heavy atom. The van der Waals surface area contributed by atoms with Gasteiger partial charge in [-0.25, -0.2) is 4.39 Å². The fourth-order valence-corrected chi connectivity index (χ4v) is 2.21. The van der Waals surface area contributed by atoms with Gasteiger partial charge in [0.15, 0.2) is 0 Å². The molecule has 0 aliphatic rings. The summed E-state index contributed by atoms with van der Waals surface area (Å²) in [5, 5.41) is 3.06. The number of rotatable bonds is 5. The summed E-state index contributed by atoms with van der Waals surface area (Å²) in [5.41, 5.74) is 1.05. The van der Waals surface area contributed by atoms with Crippen LogP contribution in [-0.2, 0) is 16.0 Å². The molecule has 0 fully saturated rings. The smallest absolute Gasteiger partial charge is 0.243 e. The molecule has 0 saturated heterocycles. The zero-order valence-corrected chi connectivity index (χ0v) is 13.3. The maximum Gasteiger partial charge on any atom is 0.243 e. The lowest BCUT2D eigenvalue weighted by Crippen LogP contribution is -2.35. The van der Waals surface area contributed by atoms with Crippen molar-refractivity contribution in [3.8, 4) is 0 Å². The lowest BCUT2D eigenvalue weighted by molar-refractivity contribution is -0.132. The number of nitrogens with one attached hydrogen (secondary N) is 1. The number of hydrogen-bond acceptors (Lipinski definition) is 2. The highest BCUT2D eigenvalue weighted by molar-refractivity contribution is 6.31. The van der Waals surface area contributed by atoms with E-state index in [-0.39, 0.29) is 18.9 Å². The van der Waals surface area contributed by atoms with E-state index in [9.17, 15) is 14.0 Å². The van der Waals surface area contributed by atoms with Gasteiger partial charge in [0.2, 0.25) is 11.8 Å². The van der Waals surface area contributed by atoms with Crippen molar-refractivity contribution < 1.29 is 14.0 Å². The SMILES string of the molecule is CN(CC(=O)Nc1cccc(F)c1)C(=O)Cc1ccccc1Cl. The molecule has 6 heteroatoms. The Morgan fingerprint density at radius 1 is 1.17 bits per heavy atom. The molecular weight excluding hydrogens is 319 g/mol. The van der Waals surface area contributed by atoms with Gasteiger partial charge in [-0.1, -0.05) is 35.9 Å². The maximum absolute atomic E-state index is 13.1. The Hall–Kier alpha value is -2.40. The molecule has 0 saturated carbocycles. The number of hydrogen-bond donors (Lipinski definition) is 1. The van der Waals surface area contributed by atoms with Crippen LogP contribution in [0.25, 0.3) is 0 Å². The van der Waals surface area contributed by atoms with Gasteiger partial charge >= 0.3 is 0 Å². The van der Waals surface area contributed by atoms with Crippen molar-refractivity contribution in [3.05, 3.63) is 64.9 Å². The van der Waals surface area contributed by atoms with E-state index in [1.165, 1.54) is 30.1 Å². The Bertz CT molecular complexity index is 721. The maximum atomic E-state index is 13.1. The summed E-state index contributed by atoms with van der Waals surface area (Å²) >= 11 is 6.02. The fraction of sp³-hybridized carbons (Fsp3) is 0.176. The minimum Gasteiger partial charge on any atom is -0.336 e. The largest absolute Gasteiger partial charge is 0.336 e. The van der Waals surface area contributed by atoms with Crippen LogP contribution >= 0.6 is 11.6 Å². The van der Waals surface area contributed by atoms with Gasteiger partial charge in [-0.05, 0) is 29.8 Å². The quantitative estimate of drug-likeness (QED) is 0.913. The van der Waals surface area contributed by atoms with E-state index in [1.54, 1.807) is 30.3 Å². The van der Waals surface area contributed by atoms with E-state index < -0.39 is 11.7 Å². The highest BCUT2D eigenvalue weighted by Gasteiger charge is 2.15. The Kier molecular flexibility index (Phi) is 5.71. The van der Waals surface area contributed by atoms with Crippen molar-refractivity contribution in [3.63, 3.8) is 0 Å². The average molecular weight is 335 g/mol. The summed E-state index contributed by atoms with van der Waals surface area (Å²) in [6.45, 7) is -0.125. The summed E-state index contributed by atoms with van der Waals surface area (Å²) in [5.74, 6) is -1.07. The van der Waals surface area contributed by atoms with Crippen molar-refractivity contribution in [2.45, 2.75) is 6.42 Å². The van der Waals surface area contributed by atoms with Gasteiger partial charge < -0.3 is 10.2 Å². The van der Waals surface area contributed by atoms with E-state index >= 15 is 0 Å². The normalized spacial score (nSPS) is 10.2. The third kappa shape index (κ3) is 5.07. The van der Waals surface area contributed by atoms with Crippen molar-refractivity contribution >= 4 is 29.1 Å². The lowest BCUT2D eigenvalue weighted by Gasteiger charge is -2.17. The first-order valence-electron chi connectivity index (χ1n) is 6.98. The van der Waals surface area contributed by atoms with Crippen LogP contribution < -0.4 is 5.32 Å². The van der Waals surface area contributed by atoms with Crippen LogP contribution in [0.5, 0.6) is 0 Å². The lowest BCUT2D eigenvalue weighted by atomic mass is 10.1. The molecule has 2 amide bonds. The predicted molar refractivity (Wildman–Crippen MR) is 87.8 cm³/mol. The summed E-state index contributed by atoms with van der Waals surface area (Å²) in [4.78, 5) is 25.3. The number of anilines is 1. The topological polar surface area (TPSA) is 49.4 Å². The number of benzene rings is 2. The van der Waals surface area contributed by atoms with Crippen LogP contribution in [0.3, 0.4) is 0 Å². The molecule has 4 nitrogen and oxygen atoms in total. The number of carbonyl (C=O) groups excluding carboxylic acids is 2. The van der Waals surface area contributed by atoms with Gasteiger partial charge in [-0.15, -0.1) is 0 Å². The molecule has 0 aromatic heterocycles. The van der Waals surface area contributed by atoms with Gasteiger partial charge in [-0.2, -0.15) is 0 Å². The number of likely N-dealkylation sites (N-methyl/N-ethyl adjacent to an activating group) is 1. The van der Waals surface area contributed by atoms with Gasteiger partial charge in [0.1, 0.15) is 5.82 Å². The molecule has 120 valence electrons. The molecule has 2 rings (SSSR count). The first kappa shape index (κ1) is 17.0. The first-order chi connectivity index (χ1) is 11.0. The molecule has 1 N–H and O–H groups in total. The second kappa shape index (κ2) is 7.74. The highest BCUT2D eigenvalue weighted by atomic mass is 35.5. The average Bonchev–Trinajstić information content (AvgIpc) is 2.49. The first-order valence-corrected chi connectivity index (χ1v) is 7.36. The summed E-state index contributed by atoms with van der Waals surface area (Å²) in [6, 6.07) is 12.6. The molecule has 0 radical (unpaired) electrons. The minimum absolute atomic E-state index is 0.115. The Labute approximate surface area is 138 Å². The van der Waals surface area contributed by atoms with E-state index in [0.717, 1.165) is 0 Å². The third-order valence-electron chi connectivity index (χ3n) is 3.21. The number of amides is 2. The molecule has 0 spiro atoms. The van der Waals surface area contributed by atoms with Crippen LogP contribution in [0.4, 0.5) is 10.1 Å². The van der Waals surface area contributed by atoms with Crippen LogP contribution in [0, 0.1) is 5.82 Å². The van der Waals surface area contributed by atoms with Crippen LogP contribution in [0.2, 0.25) is 5.02 Å². The molecular formula is C17H16ClFN2O2. The zero-order valence-electron chi connectivity index (χ0n) is 12.6. The number of carbonyl (C=O) groups is 2. The molecule has 2 aromatic carbocycles. The highest BCUT2D eigenvalue weighted by Crippen LogP contribution is 2.16. The second-order valence-corrected chi connectivity index (χ2v) is 5.48. The van der Waals surface area contributed by atoms with E-state index in [2.05, 4.69) is 5.32 Å². The summed E-state index contributed by atoms with van der Waals surface area (Å²) in [7, 11) is 1.53. The molecule has 0 unspecified atom stereocenters. The summed E-state index contributed by atoms with van der Waals surface area (Å²) < 4.78 is 13.1. The third-order valence-corrected chi connectivity index (χ3v) is 3.58. The Balaban J connectivity index is 1.90. The predicted octanol–water partition coefficient (Wildman–Crippen LogP) is 3.12. The zero-order chi connectivity index (χ0) is 16.8. The fourth-order valence-electron chi connectivity index (χ4n) is 2.01. The molecule has 0 bridgehead atoms. The van der Waals surface area contributed by atoms with Gasteiger partial charge in [0.25, 0.3) is 0 Å². The van der Waals surface area contributed by atoms with Crippen molar-refractivity contribution in [1.82, 2.24) is 4.90 Å². The van der Waals surface area contributed by atoms with Crippen molar-refractivity contribution in [2.75, 3.05) is 18.9 Å². The van der Waals surface area contributed by atoms with Gasteiger partial charge in [0, 0.05) is 17.8 Å². The van der Waals surface area contributed by atoms with E-state index in [1.807, 2.05) is 0 Å². The van der Waals surface area contributed by atoms with Crippen molar-refractivity contribution in [1.29, 1.82) is 0 Å². The monoisotopic (exact) mass is 334 g/mol. The molecule has 2 aromatic rings. The number of nitrogens with zero attached hydrogens (tertiary/aromatic N) is 1. The standard InChI is InChI=1S/C17H16ClFN2O2/c1-21(17(23)9-12-5-2-3-8-15(12)18)11-16(22)20-14-7-4-6-13(19)10-14/h2-8,10H,9,11H2,1H3,(H,20,22). The molecule has 0 atom stereocenters. The molecule has 0 aliphatic heterocycles. The van der Waals surface area contributed by atoms with Crippen LogP contribution in [0.15, 0.2) is 48.5 Å². The van der Waals surface area contributed by atoms with Gasteiger partial charge in [0.05, 0.1) is 13.0 Å². The van der Waals surface area contributed by atoms with Crippen LogP contribution in [-0.4, -0.2) is 30.3 Å².